The van der Waals surface area contributed by atoms with Crippen molar-refractivity contribution in [2.45, 2.75) is 4.90 Å². The number of aromatic nitrogens is 2. The van der Waals surface area contributed by atoms with E-state index in [-0.39, 0.29) is 31.6 Å². The summed E-state index contributed by atoms with van der Waals surface area (Å²) in [7, 11) is -4.00. The van der Waals surface area contributed by atoms with Crippen LogP contribution in [0.1, 0.15) is 0 Å². The summed E-state index contributed by atoms with van der Waals surface area (Å²) in [4.78, 5) is 7.14. The Morgan fingerprint density at radius 2 is 1.85 bits per heavy atom. The van der Waals surface area contributed by atoms with Gasteiger partial charge in [-0.05, 0) is 18.2 Å². The molecule has 0 atom stereocenters. The Morgan fingerprint density at radius 1 is 1.15 bits per heavy atom. The monoisotopic (exact) mass is 352 g/mol. The van der Waals surface area contributed by atoms with Gasteiger partial charge in [0.25, 0.3) is 10.0 Å². The highest BCUT2D eigenvalue weighted by Crippen LogP contribution is 2.29. The zero-order chi connectivity index (χ0) is 14.9. The summed E-state index contributed by atoms with van der Waals surface area (Å²) in [6.45, 7) is 0. The van der Waals surface area contributed by atoms with Crippen molar-refractivity contribution >= 4 is 56.3 Å². The van der Waals surface area contributed by atoms with E-state index in [4.69, 9.17) is 40.5 Å². The van der Waals surface area contributed by atoms with Crippen LogP contribution >= 0.6 is 34.8 Å². The molecular formula is C10H7Cl3N4O2S. The van der Waals surface area contributed by atoms with E-state index in [1.54, 1.807) is 0 Å². The minimum atomic E-state index is -4.00. The maximum Gasteiger partial charge on any atom is 0.265 e. The molecule has 2 rings (SSSR count). The first-order chi connectivity index (χ1) is 9.31. The van der Waals surface area contributed by atoms with E-state index in [1.807, 2.05) is 0 Å². The Kier molecular flexibility index (Phi) is 4.24. The van der Waals surface area contributed by atoms with Crippen LogP contribution in [0.3, 0.4) is 0 Å². The fourth-order valence-electron chi connectivity index (χ4n) is 1.34. The Morgan fingerprint density at radius 3 is 2.55 bits per heavy atom. The number of nitrogens with two attached hydrogens (primary N) is 1. The summed E-state index contributed by atoms with van der Waals surface area (Å²) >= 11 is 17.3. The van der Waals surface area contributed by atoms with Crippen LogP contribution in [-0.2, 0) is 10.0 Å². The minimum Gasteiger partial charge on any atom is -0.398 e. The molecule has 0 spiro atoms. The van der Waals surface area contributed by atoms with Crippen molar-refractivity contribution in [2.24, 2.45) is 0 Å². The molecule has 0 aliphatic carbocycles. The molecule has 0 saturated carbocycles. The van der Waals surface area contributed by atoms with Crippen LogP contribution in [0.4, 0.5) is 11.5 Å². The fraction of sp³-hybridized carbons (Fsp3) is 0. The Hall–Kier alpha value is -1.28. The van der Waals surface area contributed by atoms with E-state index in [9.17, 15) is 8.42 Å². The van der Waals surface area contributed by atoms with Crippen LogP contribution in [0, 0.1) is 0 Å². The van der Waals surface area contributed by atoms with Crippen molar-refractivity contribution in [1.82, 2.24) is 9.97 Å². The molecule has 20 heavy (non-hydrogen) atoms. The zero-order valence-electron chi connectivity index (χ0n) is 9.64. The molecule has 6 nitrogen and oxygen atoms in total. The average Bonchev–Trinajstić information content (AvgIpc) is 2.37. The number of nitrogens with zero attached hydrogens (tertiary/aromatic N) is 2. The van der Waals surface area contributed by atoms with Crippen molar-refractivity contribution in [3.63, 3.8) is 0 Å². The third-order valence-electron chi connectivity index (χ3n) is 2.24. The number of hydrogen-bond donors (Lipinski definition) is 2. The number of sulfonamides is 1. The Bertz CT molecular complexity index is 767. The molecule has 1 heterocycles. The van der Waals surface area contributed by atoms with Crippen LogP contribution in [0.15, 0.2) is 29.4 Å². The number of anilines is 2. The van der Waals surface area contributed by atoms with Gasteiger partial charge in [0, 0.05) is 5.02 Å². The highest BCUT2D eigenvalue weighted by molar-refractivity contribution is 7.92. The van der Waals surface area contributed by atoms with Crippen molar-refractivity contribution < 1.29 is 8.42 Å². The van der Waals surface area contributed by atoms with Crippen molar-refractivity contribution in [2.75, 3.05) is 10.5 Å². The van der Waals surface area contributed by atoms with Gasteiger partial charge in [-0.2, -0.15) is 0 Å². The lowest BCUT2D eigenvalue weighted by atomic mass is 10.3. The number of nitrogen functional groups attached to an aromatic ring is 1. The average molecular weight is 354 g/mol. The lowest BCUT2D eigenvalue weighted by Crippen LogP contribution is -2.16. The standard InChI is InChI=1S/C10H7Cl3N4O2S/c11-5-1-2-6(14)7(3-5)20(18,19)17-10-8(12)9(13)15-4-16-10/h1-4H,14H2,(H,15,16,17). The number of nitrogens with one attached hydrogen (secondary N) is 1. The predicted octanol–water partition coefficient (Wildman–Crippen LogP) is 2.82. The summed E-state index contributed by atoms with van der Waals surface area (Å²) in [5.74, 6) is -0.147. The van der Waals surface area contributed by atoms with E-state index in [1.165, 1.54) is 18.2 Å². The summed E-state index contributed by atoms with van der Waals surface area (Å²) in [6, 6.07) is 4.08. The van der Waals surface area contributed by atoms with Crippen molar-refractivity contribution in [3.05, 3.63) is 39.7 Å². The highest BCUT2D eigenvalue weighted by Gasteiger charge is 2.21. The van der Waals surface area contributed by atoms with Gasteiger partial charge in [-0.1, -0.05) is 34.8 Å². The lowest BCUT2D eigenvalue weighted by molar-refractivity contribution is 0.601. The lowest BCUT2D eigenvalue weighted by Gasteiger charge is -2.10. The second-order valence-electron chi connectivity index (χ2n) is 3.61. The van der Waals surface area contributed by atoms with Crippen LogP contribution in [-0.4, -0.2) is 18.4 Å². The van der Waals surface area contributed by atoms with Crippen LogP contribution in [0.5, 0.6) is 0 Å². The molecule has 0 aliphatic rings. The van der Waals surface area contributed by atoms with Gasteiger partial charge >= 0.3 is 0 Å². The van der Waals surface area contributed by atoms with E-state index >= 15 is 0 Å². The first-order valence-electron chi connectivity index (χ1n) is 5.05. The Balaban J connectivity index is 2.46. The largest absolute Gasteiger partial charge is 0.398 e. The maximum atomic E-state index is 12.2. The van der Waals surface area contributed by atoms with Gasteiger partial charge in [0.05, 0.1) is 5.69 Å². The summed E-state index contributed by atoms with van der Waals surface area (Å²) < 4.78 is 26.6. The van der Waals surface area contributed by atoms with Crippen LogP contribution in [0.2, 0.25) is 15.2 Å². The second-order valence-corrected chi connectivity index (χ2v) is 6.44. The fourth-order valence-corrected chi connectivity index (χ4v) is 3.09. The number of halogens is 3. The van der Waals surface area contributed by atoms with Crippen LogP contribution < -0.4 is 10.5 Å². The van der Waals surface area contributed by atoms with Gasteiger partial charge in [0.1, 0.15) is 16.2 Å². The molecule has 0 fully saturated rings. The van der Waals surface area contributed by atoms with Gasteiger partial charge < -0.3 is 5.73 Å². The maximum absolute atomic E-state index is 12.2. The van der Waals surface area contributed by atoms with E-state index in [0.29, 0.717) is 0 Å². The molecule has 0 unspecified atom stereocenters. The number of benzene rings is 1. The van der Waals surface area contributed by atoms with Gasteiger partial charge in [-0.3, -0.25) is 4.72 Å². The summed E-state index contributed by atoms with van der Waals surface area (Å²) in [5.41, 5.74) is 5.67. The molecule has 0 aliphatic heterocycles. The topological polar surface area (TPSA) is 98.0 Å². The highest BCUT2D eigenvalue weighted by atomic mass is 35.5. The van der Waals surface area contributed by atoms with E-state index in [0.717, 1.165) is 6.33 Å². The second kappa shape index (κ2) is 5.61. The quantitative estimate of drug-likeness (QED) is 0.653. The molecule has 1 aromatic carbocycles. The molecule has 1 aromatic heterocycles. The zero-order valence-corrected chi connectivity index (χ0v) is 12.7. The van der Waals surface area contributed by atoms with Gasteiger partial charge in [-0.25, -0.2) is 18.4 Å². The smallest absolute Gasteiger partial charge is 0.265 e. The molecule has 3 N–H and O–H groups in total. The van der Waals surface area contributed by atoms with Gasteiger partial charge in [-0.15, -0.1) is 0 Å². The predicted molar refractivity (Wildman–Crippen MR) is 78.7 cm³/mol. The number of hydrogen-bond acceptors (Lipinski definition) is 5. The molecule has 0 amide bonds. The molecule has 106 valence electrons. The minimum absolute atomic E-state index is 0.0400. The van der Waals surface area contributed by atoms with Gasteiger partial charge in [0.15, 0.2) is 11.0 Å². The number of rotatable bonds is 3. The molecular weight excluding hydrogens is 347 g/mol. The molecule has 10 heteroatoms. The molecule has 2 aromatic rings. The summed E-state index contributed by atoms with van der Waals surface area (Å²) in [5, 5.41) is 0.0446. The first-order valence-corrected chi connectivity index (χ1v) is 7.67. The van der Waals surface area contributed by atoms with E-state index < -0.39 is 10.0 Å². The van der Waals surface area contributed by atoms with Crippen molar-refractivity contribution in [1.29, 1.82) is 0 Å². The van der Waals surface area contributed by atoms with E-state index in [2.05, 4.69) is 14.7 Å². The molecule has 0 radical (unpaired) electrons. The molecule has 0 saturated heterocycles. The Labute approximate surface area is 129 Å². The normalized spacial score (nSPS) is 11.3. The third-order valence-corrected chi connectivity index (χ3v) is 4.61. The SMILES string of the molecule is Nc1ccc(Cl)cc1S(=O)(=O)Nc1ncnc(Cl)c1Cl. The third kappa shape index (κ3) is 3.06. The summed E-state index contributed by atoms with van der Waals surface area (Å²) in [6.07, 6.45) is 1.08. The van der Waals surface area contributed by atoms with Crippen molar-refractivity contribution in [3.8, 4) is 0 Å². The molecule has 0 bridgehead atoms. The van der Waals surface area contributed by atoms with Crippen LogP contribution in [0.25, 0.3) is 0 Å². The van der Waals surface area contributed by atoms with Gasteiger partial charge in [0.2, 0.25) is 0 Å². The first kappa shape index (κ1) is 15.1.